The number of nitrogens with one attached hydrogen (secondary N) is 2. The summed E-state index contributed by atoms with van der Waals surface area (Å²) in [5.41, 5.74) is -0.495. The average Bonchev–Trinajstić information content (AvgIpc) is 3.31. The van der Waals surface area contributed by atoms with Crippen molar-refractivity contribution in [2.24, 2.45) is 0 Å². The summed E-state index contributed by atoms with van der Waals surface area (Å²) in [6.45, 7) is 1.16. The third kappa shape index (κ3) is 3.17. The van der Waals surface area contributed by atoms with E-state index in [2.05, 4.69) is 10.6 Å². The minimum Gasteiger partial charge on any atom is -0.449 e. The van der Waals surface area contributed by atoms with Crippen molar-refractivity contribution < 1.29 is 27.5 Å². The molecule has 26 heavy (non-hydrogen) atoms. The van der Waals surface area contributed by atoms with Crippen LogP contribution in [0.3, 0.4) is 0 Å². The van der Waals surface area contributed by atoms with Crippen molar-refractivity contribution in [1.82, 2.24) is 15.5 Å². The van der Waals surface area contributed by atoms with E-state index in [-0.39, 0.29) is 18.0 Å². The molecule has 1 saturated carbocycles. The summed E-state index contributed by atoms with van der Waals surface area (Å²) < 4.78 is 43.2. The molecule has 2 N–H and O–H groups in total. The summed E-state index contributed by atoms with van der Waals surface area (Å²) in [6.07, 6.45) is -3.57. The van der Waals surface area contributed by atoms with E-state index in [4.69, 9.17) is 4.74 Å². The molecular weight excluding hydrogens is 351 g/mol. The minimum atomic E-state index is -4.37. The lowest BCUT2D eigenvalue weighted by atomic mass is 9.86. The molecule has 1 spiro atoms. The zero-order valence-corrected chi connectivity index (χ0v) is 13.8. The van der Waals surface area contributed by atoms with E-state index in [0.29, 0.717) is 38.1 Å². The van der Waals surface area contributed by atoms with Gasteiger partial charge in [-0.15, -0.1) is 0 Å². The molecule has 140 valence electrons. The van der Waals surface area contributed by atoms with Crippen LogP contribution in [0.25, 0.3) is 0 Å². The summed E-state index contributed by atoms with van der Waals surface area (Å²) in [6, 6.07) is 4.82. The van der Waals surface area contributed by atoms with Crippen molar-refractivity contribution in [2.45, 2.75) is 36.5 Å². The quantitative estimate of drug-likeness (QED) is 0.841. The minimum absolute atomic E-state index is 0.0979. The molecule has 6 nitrogen and oxygen atoms in total. The molecule has 0 aromatic heterocycles. The predicted octanol–water partition coefficient (Wildman–Crippen LogP) is 2.46. The lowest BCUT2D eigenvalue weighted by Crippen LogP contribution is -2.74. The van der Waals surface area contributed by atoms with Crippen LogP contribution in [0.15, 0.2) is 24.3 Å². The number of carbonyl (C=O) groups excluding carboxylic acids is 2. The number of ether oxygens (including phenoxy) is 1. The molecule has 0 unspecified atom stereocenters. The summed E-state index contributed by atoms with van der Waals surface area (Å²) in [4.78, 5) is 25.2. The molecule has 1 aliphatic carbocycles. The number of hydrogen-bond donors (Lipinski definition) is 2. The molecule has 1 aromatic carbocycles. The van der Waals surface area contributed by atoms with Crippen LogP contribution in [-0.2, 0) is 10.9 Å². The van der Waals surface area contributed by atoms with Gasteiger partial charge in [0.15, 0.2) is 0 Å². The van der Waals surface area contributed by atoms with E-state index in [1.807, 2.05) is 0 Å². The number of alkyl carbamates (subject to hydrolysis) is 1. The number of halogens is 3. The Labute approximate surface area is 147 Å². The number of alkyl halides is 3. The summed E-state index contributed by atoms with van der Waals surface area (Å²) in [7, 11) is 0. The maximum absolute atomic E-state index is 12.8. The maximum Gasteiger partial charge on any atom is 0.416 e. The number of hydrogen-bond acceptors (Lipinski definition) is 3. The predicted molar refractivity (Wildman–Crippen MR) is 84.5 cm³/mol. The third-order valence-corrected chi connectivity index (χ3v) is 5.20. The molecule has 9 heteroatoms. The van der Waals surface area contributed by atoms with Crippen LogP contribution in [-0.4, -0.2) is 48.3 Å². The highest BCUT2D eigenvalue weighted by Crippen LogP contribution is 2.43. The fourth-order valence-electron chi connectivity index (χ4n) is 3.64. The Morgan fingerprint density at radius 2 is 2.12 bits per heavy atom. The SMILES string of the molecule is O=C1NC2(CCO1)CN(C(=O)N[C@@H]1C[C@H]1c1cccc(C(F)(F)F)c1)C2. The molecule has 2 atom stereocenters. The molecule has 2 saturated heterocycles. The van der Waals surface area contributed by atoms with Crippen LogP contribution in [0, 0.1) is 0 Å². The number of rotatable bonds is 2. The van der Waals surface area contributed by atoms with Gasteiger partial charge in [0, 0.05) is 31.5 Å². The highest BCUT2D eigenvalue weighted by molar-refractivity contribution is 5.78. The summed E-state index contributed by atoms with van der Waals surface area (Å²) in [5, 5.41) is 5.61. The van der Waals surface area contributed by atoms with Gasteiger partial charge >= 0.3 is 18.3 Å². The Hall–Kier alpha value is -2.45. The monoisotopic (exact) mass is 369 g/mol. The first-order valence-electron chi connectivity index (χ1n) is 8.43. The average molecular weight is 369 g/mol. The summed E-state index contributed by atoms with van der Waals surface area (Å²) in [5.74, 6) is -0.0979. The Kier molecular flexibility index (Phi) is 3.78. The zero-order valence-electron chi connectivity index (χ0n) is 13.8. The van der Waals surface area contributed by atoms with E-state index in [1.54, 1.807) is 11.0 Å². The molecule has 1 aromatic rings. The number of benzene rings is 1. The first-order valence-corrected chi connectivity index (χ1v) is 8.43. The van der Waals surface area contributed by atoms with Gasteiger partial charge in [0.2, 0.25) is 0 Å². The molecule has 3 fully saturated rings. The van der Waals surface area contributed by atoms with E-state index in [0.717, 1.165) is 12.1 Å². The number of likely N-dealkylation sites (tertiary alicyclic amines) is 1. The van der Waals surface area contributed by atoms with Gasteiger partial charge in [-0.25, -0.2) is 9.59 Å². The molecule has 3 amide bonds. The fourth-order valence-corrected chi connectivity index (χ4v) is 3.64. The first kappa shape index (κ1) is 17.0. The van der Waals surface area contributed by atoms with E-state index in [9.17, 15) is 22.8 Å². The standard InChI is InChI=1S/C17H18F3N3O3/c18-17(19,20)11-3-1-2-10(6-11)12-7-13(12)21-14(24)23-8-16(9-23)4-5-26-15(25)22-16/h1-3,6,12-13H,4-5,7-9H2,(H,21,24)(H,22,25)/t12-,13+/m0/s1. The van der Waals surface area contributed by atoms with Gasteiger partial charge in [0.05, 0.1) is 17.7 Å². The maximum atomic E-state index is 12.8. The van der Waals surface area contributed by atoms with Gasteiger partial charge in [-0.2, -0.15) is 13.2 Å². The van der Waals surface area contributed by atoms with E-state index >= 15 is 0 Å². The van der Waals surface area contributed by atoms with Gasteiger partial charge in [0.1, 0.15) is 0 Å². The van der Waals surface area contributed by atoms with Gasteiger partial charge in [-0.1, -0.05) is 18.2 Å². The second-order valence-electron chi connectivity index (χ2n) is 7.17. The lowest BCUT2D eigenvalue weighted by Gasteiger charge is -2.51. The van der Waals surface area contributed by atoms with Crippen molar-refractivity contribution in [3.8, 4) is 0 Å². The van der Waals surface area contributed by atoms with Crippen molar-refractivity contribution in [2.75, 3.05) is 19.7 Å². The second-order valence-corrected chi connectivity index (χ2v) is 7.17. The van der Waals surface area contributed by atoms with Crippen molar-refractivity contribution in [3.63, 3.8) is 0 Å². The van der Waals surface area contributed by atoms with Crippen LogP contribution >= 0.6 is 0 Å². The van der Waals surface area contributed by atoms with Crippen LogP contribution in [0.4, 0.5) is 22.8 Å². The second kappa shape index (κ2) is 5.78. The van der Waals surface area contributed by atoms with Crippen LogP contribution in [0.1, 0.15) is 29.9 Å². The molecule has 4 rings (SSSR count). The van der Waals surface area contributed by atoms with Crippen LogP contribution < -0.4 is 10.6 Å². The number of amides is 3. The molecule has 2 heterocycles. The Bertz CT molecular complexity index is 746. The Morgan fingerprint density at radius 3 is 2.81 bits per heavy atom. The number of cyclic esters (lactones) is 1. The van der Waals surface area contributed by atoms with Crippen molar-refractivity contribution in [1.29, 1.82) is 0 Å². The third-order valence-electron chi connectivity index (χ3n) is 5.20. The largest absolute Gasteiger partial charge is 0.449 e. The first-order chi connectivity index (χ1) is 12.3. The van der Waals surface area contributed by atoms with Gasteiger partial charge in [-0.05, 0) is 18.1 Å². The highest BCUT2D eigenvalue weighted by atomic mass is 19.4. The lowest BCUT2D eigenvalue weighted by molar-refractivity contribution is -0.137. The van der Waals surface area contributed by atoms with E-state index in [1.165, 1.54) is 6.07 Å². The number of nitrogens with zero attached hydrogens (tertiary/aromatic N) is 1. The Balaban J connectivity index is 1.30. The van der Waals surface area contributed by atoms with Gasteiger partial charge in [-0.3, -0.25) is 0 Å². The van der Waals surface area contributed by atoms with Gasteiger partial charge in [0.25, 0.3) is 0 Å². The Morgan fingerprint density at radius 1 is 1.35 bits per heavy atom. The number of urea groups is 1. The van der Waals surface area contributed by atoms with Crippen LogP contribution in [0.5, 0.6) is 0 Å². The number of carbonyl (C=O) groups is 2. The van der Waals surface area contributed by atoms with Crippen molar-refractivity contribution in [3.05, 3.63) is 35.4 Å². The van der Waals surface area contributed by atoms with E-state index < -0.39 is 23.4 Å². The smallest absolute Gasteiger partial charge is 0.416 e. The zero-order chi connectivity index (χ0) is 18.5. The highest BCUT2D eigenvalue weighted by Gasteiger charge is 2.50. The van der Waals surface area contributed by atoms with Crippen LogP contribution in [0.2, 0.25) is 0 Å². The fraction of sp³-hybridized carbons (Fsp3) is 0.529. The molecular formula is C17H18F3N3O3. The normalized spacial score (nSPS) is 26.6. The molecule has 2 aliphatic heterocycles. The topological polar surface area (TPSA) is 70.7 Å². The molecule has 0 bridgehead atoms. The molecule has 0 radical (unpaired) electrons. The van der Waals surface area contributed by atoms with Crippen molar-refractivity contribution >= 4 is 12.1 Å². The molecule has 3 aliphatic rings. The van der Waals surface area contributed by atoms with Gasteiger partial charge < -0.3 is 20.3 Å². The summed E-state index contributed by atoms with van der Waals surface area (Å²) >= 11 is 0.